The number of para-hydroxylation sites is 1. The highest BCUT2D eigenvalue weighted by atomic mass is 16.5. The van der Waals surface area contributed by atoms with Crippen molar-refractivity contribution < 1.29 is 29.0 Å². The molecule has 1 heterocycles. The van der Waals surface area contributed by atoms with E-state index in [1.807, 2.05) is 31.2 Å². The van der Waals surface area contributed by atoms with Crippen molar-refractivity contribution in [3.63, 3.8) is 0 Å². The van der Waals surface area contributed by atoms with Gasteiger partial charge >= 0.3 is 5.97 Å². The molecule has 0 unspecified atom stereocenters. The first-order valence-electron chi connectivity index (χ1n) is 12.7. The van der Waals surface area contributed by atoms with Crippen LogP contribution in [0.25, 0.3) is 0 Å². The summed E-state index contributed by atoms with van der Waals surface area (Å²) in [5.41, 5.74) is 0.942. The SMILES string of the molecule is CCC(=O)NC1CCC(Oc2ccc(Oc3ccc(CC(=O)Nc4ccccc4C(=O)O)cn3)cc2)CC1. The van der Waals surface area contributed by atoms with Crippen molar-refractivity contribution in [2.75, 3.05) is 5.32 Å². The zero-order chi connectivity index (χ0) is 26.9. The molecule has 3 aromatic rings. The summed E-state index contributed by atoms with van der Waals surface area (Å²) in [7, 11) is 0. The first kappa shape index (κ1) is 26.7. The molecule has 4 rings (SSSR count). The molecule has 3 N–H and O–H groups in total. The largest absolute Gasteiger partial charge is 0.490 e. The average molecular weight is 518 g/mol. The van der Waals surface area contributed by atoms with Gasteiger partial charge in [0.15, 0.2) is 0 Å². The molecule has 38 heavy (non-hydrogen) atoms. The zero-order valence-electron chi connectivity index (χ0n) is 21.2. The molecule has 0 atom stereocenters. The van der Waals surface area contributed by atoms with Crippen LogP contribution in [0.2, 0.25) is 0 Å². The second-order valence-electron chi connectivity index (χ2n) is 9.17. The minimum atomic E-state index is -1.11. The van der Waals surface area contributed by atoms with Crippen LogP contribution in [0, 0.1) is 0 Å². The number of anilines is 1. The second-order valence-corrected chi connectivity index (χ2v) is 9.17. The number of rotatable bonds is 10. The highest BCUT2D eigenvalue weighted by Gasteiger charge is 2.23. The van der Waals surface area contributed by atoms with Gasteiger partial charge in [-0.1, -0.05) is 25.1 Å². The first-order chi connectivity index (χ1) is 18.4. The minimum absolute atomic E-state index is 0.0314. The third kappa shape index (κ3) is 7.55. The van der Waals surface area contributed by atoms with Crippen LogP contribution in [0.1, 0.15) is 54.9 Å². The number of amides is 2. The van der Waals surface area contributed by atoms with Gasteiger partial charge in [-0.25, -0.2) is 9.78 Å². The van der Waals surface area contributed by atoms with Gasteiger partial charge in [0.2, 0.25) is 17.7 Å². The Hall–Kier alpha value is -4.40. The summed E-state index contributed by atoms with van der Waals surface area (Å²) >= 11 is 0. The van der Waals surface area contributed by atoms with Gasteiger partial charge in [-0.05, 0) is 67.6 Å². The van der Waals surface area contributed by atoms with Gasteiger partial charge in [-0.2, -0.15) is 0 Å². The number of hydrogen-bond acceptors (Lipinski definition) is 6. The van der Waals surface area contributed by atoms with Crippen LogP contribution >= 0.6 is 0 Å². The lowest BCUT2D eigenvalue weighted by Crippen LogP contribution is -2.39. The van der Waals surface area contributed by atoms with E-state index in [2.05, 4.69) is 15.6 Å². The summed E-state index contributed by atoms with van der Waals surface area (Å²) in [6, 6.07) is 17.2. The second kappa shape index (κ2) is 12.7. The molecule has 0 radical (unpaired) electrons. The number of carboxylic acids is 1. The third-order valence-electron chi connectivity index (χ3n) is 6.30. The Morgan fingerprint density at radius 2 is 1.63 bits per heavy atom. The number of pyridine rings is 1. The Balaban J connectivity index is 1.24. The lowest BCUT2D eigenvalue weighted by molar-refractivity contribution is -0.121. The van der Waals surface area contributed by atoms with Gasteiger partial charge in [0.05, 0.1) is 23.8 Å². The maximum atomic E-state index is 12.4. The van der Waals surface area contributed by atoms with E-state index in [-0.39, 0.29) is 41.6 Å². The highest BCUT2D eigenvalue weighted by molar-refractivity contribution is 6.00. The van der Waals surface area contributed by atoms with Gasteiger partial charge in [-0.3, -0.25) is 9.59 Å². The van der Waals surface area contributed by atoms with Crippen molar-refractivity contribution in [1.82, 2.24) is 10.3 Å². The van der Waals surface area contributed by atoms with E-state index in [4.69, 9.17) is 9.47 Å². The molecular weight excluding hydrogens is 486 g/mol. The number of aromatic carboxylic acids is 1. The van der Waals surface area contributed by atoms with Crippen LogP contribution in [0.5, 0.6) is 17.4 Å². The molecule has 1 saturated carbocycles. The normalized spacial score (nSPS) is 16.8. The summed E-state index contributed by atoms with van der Waals surface area (Å²) in [6.07, 6.45) is 5.84. The number of nitrogens with one attached hydrogen (secondary N) is 2. The van der Waals surface area contributed by atoms with Crippen molar-refractivity contribution in [3.05, 3.63) is 78.0 Å². The predicted octanol–water partition coefficient (Wildman–Crippen LogP) is 4.97. The molecule has 198 valence electrons. The first-order valence-corrected chi connectivity index (χ1v) is 12.7. The Bertz CT molecular complexity index is 1250. The summed E-state index contributed by atoms with van der Waals surface area (Å²) < 4.78 is 11.9. The molecule has 1 fully saturated rings. The van der Waals surface area contributed by atoms with Crippen LogP contribution in [0.3, 0.4) is 0 Å². The molecule has 0 spiro atoms. The van der Waals surface area contributed by atoms with Crippen LogP contribution in [-0.2, 0) is 16.0 Å². The van der Waals surface area contributed by atoms with E-state index >= 15 is 0 Å². The lowest BCUT2D eigenvalue weighted by Gasteiger charge is -2.29. The van der Waals surface area contributed by atoms with E-state index in [9.17, 15) is 19.5 Å². The van der Waals surface area contributed by atoms with E-state index in [1.165, 1.54) is 6.07 Å². The molecule has 0 bridgehead atoms. The Morgan fingerprint density at radius 3 is 2.29 bits per heavy atom. The maximum absolute atomic E-state index is 12.4. The quantitative estimate of drug-likeness (QED) is 0.347. The predicted molar refractivity (Wildman–Crippen MR) is 142 cm³/mol. The van der Waals surface area contributed by atoms with Crippen molar-refractivity contribution in [2.45, 2.75) is 57.6 Å². The summed E-state index contributed by atoms with van der Waals surface area (Å²) in [4.78, 5) is 39.5. The van der Waals surface area contributed by atoms with Crippen LogP contribution in [0.15, 0.2) is 66.9 Å². The molecule has 2 aromatic carbocycles. The van der Waals surface area contributed by atoms with E-state index in [0.717, 1.165) is 31.4 Å². The zero-order valence-corrected chi connectivity index (χ0v) is 21.2. The van der Waals surface area contributed by atoms with Crippen LogP contribution < -0.4 is 20.1 Å². The van der Waals surface area contributed by atoms with Crippen molar-refractivity contribution in [1.29, 1.82) is 0 Å². The number of aromatic nitrogens is 1. The lowest BCUT2D eigenvalue weighted by atomic mass is 9.93. The standard InChI is InChI=1S/C29H31N3O6/c1-2-26(33)31-20-8-10-21(11-9-20)37-22-12-14-23(15-13-22)38-28-16-7-19(18-30-28)17-27(34)32-25-6-4-3-5-24(25)29(35)36/h3-7,12-16,18,20-21H,2,8-11,17H2,1H3,(H,31,33)(H,32,34)(H,35,36). The van der Waals surface area contributed by atoms with Crippen molar-refractivity contribution in [2.24, 2.45) is 0 Å². The van der Waals surface area contributed by atoms with Gasteiger partial charge in [-0.15, -0.1) is 0 Å². The summed E-state index contributed by atoms with van der Waals surface area (Å²) in [5, 5.41) is 14.9. The molecule has 1 aliphatic rings. The monoisotopic (exact) mass is 517 g/mol. The number of carbonyl (C=O) groups is 3. The summed E-state index contributed by atoms with van der Waals surface area (Å²) in [5.74, 6) is 0.392. The van der Waals surface area contributed by atoms with Gasteiger partial charge < -0.3 is 25.2 Å². The smallest absolute Gasteiger partial charge is 0.337 e. The minimum Gasteiger partial charge on any atom is -0.490 e. The molecule has 1 aromatic heterocycles. The van der Waals surface area contributed by atoms with Gasteiger partial charge in [0, 0.05) is 24.7 Å². The topological polar surface area (TPSA) is 127 Å². The van der Waals surface area contributed by atoms with Gasteiger partial charge in [0.1, 0.15) is 11.5 Å². The summed E-state index contributed by atoms with van der Waals surface area (Å²) in [6.45, 7) is 1.86. The average Bonchev–Trinajstić information content (AvgIpc) is 2.92. The van der Waals surface area contributed by atoms with Gasteiger partial charge in [0.25, 0.3) is 0 Å². The fourth-order valence-electron chi connectivity index (χ4n) is 4.29. The molecular formula is C29H31N3O6. The fraction of sp³-hybridized carbons (Fsp3) is 0.310. The number of benzene rings is 2. The van der Waals surface area contributed by atoms with E-state index in [0.29, 0.717) is 23.6 Å². The molecule has 9 nitrogen and oxygen atoms in total. The number of carbonyl (C=O) groups excluding carboxylic acids is 2. The molecule has 9 heteroatoms. The Morgan fingerprint density at radius 1 is 0.921 bits per heavy atom. The third-order valence-corrected chi connectivity index (χ3v) is 6.30. The molecule has 0 saturated heterocycles. The van der Waals surface area contributed by atoms with Crippen molar-refractivity contribution >= 4 is 23.5 Å². The number of hydrogen-bond donors (Lipinski definition) is 3. The number of ether oxygens (including phenoxy) is 2. The Kier molecular flexibility index (Phi) is 8.92. The van der Waals surface area contributed by atoms with E-state index < -0.39 is 5.97 Å². The van der Waals surface area contributed by atoms with Crippen LogP contribution in [0.4, 0.5) is 5.69 Å². The fourth-order valence-corrected chi connectivity index (χ4v) is 4.29. The Labute approximate surface area is 221 Å². The maximum Gasteiger partial charge on any atom is 0.337 e. The molecule has 0 aliphatic heterocycles. The van der Waals surface area contributed by atoms with E-state index in [1.54, 1.807) is 36.5 Å². The number of nitrogens with zero attached hydrogens (tertiary/aromatic N) is 1. The van der Waals surface area contributed by atoms with Crippen LogP contribution in [-0.4, -0.2) is 40.0 Å². The highest BCUT2D eigenvalue weighted by Crippen LogP contribution is 2.27. The van der Waals surface area contributed by atoms with Crippen molar-refractivity contribution in [3.8, 4) is 17.4 Å². The molecule has 1 aliphatic carbocycles. The number of carboxylic acid groups (broad SMARTS) is 1. The molecule has 2 amide bonds.